The first-order valence-electron chi connectivity index (χ1n) is 40.9. The molecule has 3 N–H and O–H groups in total. The fourth-order valence-electron chi connectivity index (χ4n) is 14.9. The largest absolute Gasteiger partial charge is 1.00 e. The summed E-state index contributed by atoms with van der Waals surface area (Å²) in [6.07, 6.45) is 13.3. The van der Waals surface area contributed by atoms with Crippen LogP contribution in [0.25, 0.3) is 144 Å². The van der Waals surface area contributed by atoms with Gasteiger partial charge < -0.3 is 48.6 Å². The smallest absolute Gasteiger partial charge is 0.850 e. The molecule has 0 unspecified atom stereocenters. The minimum Gasteiger partial charge on any atom is -0.850 e. The Kier molecular flexibility index (Phi) is 30.6. The van der Waals surface area contributed by atoms with Crippen LogP contribution in [0.4, 0.5) is 0 Å². The molecule has 0 atom stereocenters. The van der Waals surface area contributed by atoms with E-state index in [2.05, 4.69) is 195 Å². The van der Waals surface area contributed by atoms with E-state index in [0.717, 1.165) is 233 Å². The Labute approximate surface area is 704 Å². The van der Waals surface area contributed by atoms with Crippen molar-refractivity contribution in [3.8, 4) is 92.2 Å². The van der Waals surface area contributed by atoms with E-state index in [9.17, 15) is 15.6 Å². The Bertz CT molecular complexity index is 5900. The van der Waals surface area contributed by atoms with Gasteiger partial charge in [0.2, 0.25) is 0 Å². The quantitative estimate of drug-likeness (QED) is 0.0336. The molecular formula is C97H111N10NaO8. The number of fused-ring (bicyclic) bond motifs is 25. The molecule has 8 bridgehead atoms. The number of aromatic nitrogens is 8. The second-order valence-electron chi connectivity index (χ2n) is 30.2. The molecule has 0 aliphatic carbocycles. The van der Waals surface area contributed by atoms with Gasteiger partial charge >= 0.3 is 29.6 Å². The maximum absolute atomic E-state index is 10.1. The summed E-state index contributed by atoms with van der Waals surface area (Å²) in [5.41, 5.74) is 9.43. The molecule has 5 heterocycles. The third kappa shape index (κ3) is 18.2. The molecule has 2 aliphatic heterocycles. The molecule has 0 spiro atoms. The maximum Gasteiger partial charge on any atom is 1.00 e. The Morgan fingerprint density at radius 1 is 0.336 bits per heavy atom. The molecule has 0 saturated heterocycles. The van der Waals surface area contributed by atoms with E-state index in [1.54, 1.807) is 20.8 Å². The first-order valence-corrected chi connectivity index (χ1v) is 40.9. The first kappa shape index (κ1) is 87.9. The fourth-order valence-corrected chi connectivity index (χ4v) is 14.9. The fraction of sp³-hybridized carbons (Fsp3) is 0.381. The van der Waals surface area contributed by atoms with Gasteiger partial charge in [-0.2, -0.15) is 10.5 Å². The van der Waals surface area contributed by atoms with Crippen molar-refractivity contribution in [2.45, 2.75) is 200 Å². The Hall–Kier alpha value is -10.4. The molecule has 13 aromatic rings. The van der Waals surface area contributed by atoms with Crippen molar-refractivity contribution in [3.63, 3.8) is 0 Å². The zero-order valence-electron chi connectivity index (χ0n) is 69.8. The Balaban J connectivity index is 0.000000329. The SMILES string of the molecule is C.CC(C)(C)[O-].CCCCO.CCCCOc1c(C#N)c(C#N)c(OCCCC)c2ccccc12.CCCCOc1c2c(c(C)c3ccccc13)-c1nc-2nc2[nH]c(nc3nc(nc4[nH]c(n1)c1c(C)c5ccccc5c(OCCCC)c41)-c1c-3c(OCCCC)c3ccccc3c1C)c1c(OCCCC)c3ccccc3c(C)c21.[Na+]. The molecule has 598 valence electrons. The number of aromatic amines is 2. The van der Waals surface area contributed by atoms with Crippen LogP contribution in [-0.4, -0.2) is 96.8 Å². The average Bonchev–Trinajstić information content (AvgIpc) is 1.55. The second kappa shape index (κ2) is 40.4. The number of nitriles is 2. The third-order valence-electron chi connectivity index (χ3n) is 20.6. The van der Waals surface area contributed by atoms with E-state index in [1.165, 1.54) is 0 Å². The number of aliphatic hydroxyl groups is 1. The summed E-state index contributed by atoms with van der Waals surface area (Å²) in [5.74, 6) is 5.82. The summed E-state index contributed by atoms with van der Waals surface area (Å²) in [5, 5.41) is 50.6. The normalized spacial score (nSPS) is 11.3. The van der Waals surface area contributed by atoms with Gasteiger partial charge in [-0.3, -0.25) is 0 Å². The zero-order chi connectivity index (χ0) is 80.7. The van der Waals surface area contributed by atoms with E-state index >= 15 is 0 Å². The van der Waals surface area contributed by atoms with E-state index < -0.39 is 5.60 Å². The molecule has 116 heavy (non-hydrogen) atoms. The van der Waals surface area contributed by atoms with Gasteiger partial charge in [0.1, 0.15) is 80.4 Å². The molecule has 0 fully saturated rings. The number of aliphatic hydroxyl groups excluding tert-OH is 1. The monoisotopic (exact) mass is 1570 g/mol. The first-order chi connectivity index (χ1) is 55.4. The topological polar surface area (TPSA) is 255 Å². The van der Waals surface area contributed by atoms with Crippen molar-refractivity contribution in [1.29, 1.82) is 10.5 Å². The van der Waals surface area contributed by atoms with Crippen molar-refractivity contribution in [2.75, 3.05) is 46.2 Å². The molecule has 10 aromatic carbocycles. The van der Waals surface area contributed by atoms with Crippen molar-refractivity contribution in [1.82, 2.24) is 39.9 Å². The van der Waals surface area contributed by atoms with Gasteiger partial charge in [-0.25, -0.2) is 29.9 Å². The summed E-state index contributed by atoms with van der Waals surface area (Å²) in [7, 11) is 0. The summed E-state index contributed by atoms with van der Waals surface area (Å²) in [6.45, 7) is 32.0. The van der Waals surface area contributed by atoms with Crippen LogP contribution in [0.2, 0.25) is 0 Å². The molecule has 0 amide bonds. The summed E-state index contributed by atoms with van der Waals surface area (Å²) < 4.78 is 39.7. The molecular weight excluding hydrogens is 1460 g/mol. The second-order valence-corrected chi connectivity index (χ2v) is 30.2. The van der Waals surface area contributed by atoms with E-state index in [0.29, 0.717) is 104 Å². The predicted octanol–water partition coefficient (Wildman–Crippen LogP) is 20.9. The number of hydrogen-bond acceptors (Lipinski definition) is 16. The summed E-state index contributed by atoms with van der Waals surface area (Å²) >= 11 is 0. The van der Waals surface area contributed by atoms with Gasteiger partial charge in [-0.05, 0) is 116 Å². The summed E-state index contributed by atoms with van der Waals surface area (Å²) in [4.78, 5) is 41.6. The number of benzene rings is 10. The van der Waals surface area contributed by atoms with Crippen LogP contribution in [0.1, 0.15) is 200 Å². The zero-order valence-corrected chi connectivity index (χ0v) is 71.8. The molecule has 0 saturated carbocycles. The number of hydrogen-bond donors (Lipinski definition) is 3. The van der Waals surface area contributed by atoms with Gasteiger partial charge in [-0.15, -0.1) is 5.60 Å². The van der Waals surface area contributed by atoms with Crippen molar-refractivity contribution in [2.24, 2.45) is 0 Å². The van der Waals surface area contributed by atoms with E-state index in [4.69, 9.17) is 63.4 Å². The number of H-pyrrole nitrogens is 2. The van der Waals surface area contributed by atoms with Gasteiger partial charge in [0.05, 0.1) is 61.5 Å². The van der Waals surface area contributed by atoms with Gasteiger partial charge in [0.15, 0.2) is 23.3 Å². The van der Waals surface area contributed by atoms with E-state index in [-0.39, 0.29) is 48.1 Å². The molecule has 3 aromatic heterocycles. The molecule has 19 heteroatoms. The number of nitrogens with one attached hydrogen (secondary N) is 2. The van der Waals surface area contributed by atoms with Gasteiger partial charge in [-0.1, -0.05) is 243 Å². The molecule has 2 aliphatic rings. The molecule has 18 nitrogen and oxygen atoms in total. The van der Waals surface area contributed by atoms with Crippen LogP contribution >= 0.6 is 0 Å². The third-order valence-corrected chi connectivity index (χ3v) is 20.6. The van der Waals surface area contributed by atoms with Crippen LogP contribution in [0.15, 0.2) is 121 Å². The number of aryl methyl sites for hydroxylation is 4. The number of ether oxygens (including phenoxy) is 6. The number of nitrogens with zero attached hydrogens (tertiary/aromatic N) is 8. The van der Waals surface area contributed by atoms with Crippen LogP contribution < -0.4 is 63.1 Å². The molecule has 15 rings (SSSR count). The average molecular weight is 1570 g/mol. The van der Waals surface area contributed by atoms with Crippen LogP contribution in [0.3, 0.4) is 0 Å². The Morgan fingerprint density at radius 3 is 0.819 bits per heavy atom. The van der Waals surface area contributed by atoms with Crippen molar-refractivity contribution in [3.05, 3.63) is 155 Å². The number of rotatable bonds is 26. The van der Waals surface area contributed by atoms with Crippen LogP contribution in [0, 0.1) is 50.4 Å². The summed E-state index contributed by atoms with van der Waals surface area (Å²) in [6, 6.07) is 45.7. The van der Waals surface area contributed by atoms with Crippen LogP contribution in [0.5, 0.6) is 34.5 Å². The Morgan fingerprint density at radius 2 is 0.560 bits per heavy atom. The minimum atomic E-state index is -0.750. The predicted molar refractivity (Wildman–Crippen MR) is 469 cm³/mol. The van der Waals surface area contributed by atoms with Crippen molar-refractivity contribution >= 4 is 98.0 Å². The van der Waals surface area contributed by atoms with Crippen molar-refractivity contribution < 1.29 is 68.2 Å². The van der Waals surface area contributed by atoms with Gasteiger partial charge in [0, 0.05) is 60.8 Å². The van der Waals surface area contributed by atoms with Gasteiger partial charge in [0.25, 0.3) is 0 Å². The maximum atomic E-state index is 10.1. The number of unbranched alkanes of at least 4 members (excludes halogenated alkanes) is 7. The standard InChI is InChI=1S/C68H66N8O4.C20H22N2O2.C4H9O.C4H10O.CH4.Na/c1-9-13-33-77-57-45-29-21-17-25-41(45)37(5)49-53(57)65-70-61(49)69-62-50-38(6)42-26-18-22-30-46(42)58(78-34-14-10-2)54(50)66(71-62)73-64-52-40(8)44-28-20-24-32-48(44)60(80-36-16-12-4)56(52)68(75-64)76-67-55-51(63(72-65)74-67)39(7)43-27-19-23-31-47(43)59(55)79-35-15-11-3;1-3-5-11-23-19-15-9-7-8-10-16(15)20(24-12-6-4-2)18(14-22)17(19)13-21;1-4(2,3)5;1-2-3-4-5;;/h17-32H,9-16,33-36H2,1-8H3,(H2,69,70,71,72,73,74,75,76);7-10H,3-6,11-12H2,1-2H3;1-3H3;5H,2-4H2,1H3;1H4;/q;;-1;;;+1. The van der Waals surface area contributed by atoms with E-state index in [1.807, 2.05) is 24.3 Å². The molecule has 0 radical (unpaired) electrons. The minimum absolute atomic E-state index is 0. The van der Waals surface area contributed by atoms with Crippen LogP contribution in [-0.2, 0) is 0 Å².